The van der Waals surface area contributed by atoms with Gasteiger partial charge in [-0.05, 0) is 67.0 Å². The summed E-state index contributed by atoms with van der Waals surface area (Å²) < 4.78 is 12.3. The second kappa shape index (κ2) is 15.0. The van der Waals surface area contributed by atoms with Gasteiger partial charge in [0.25, 0.3) is 0 Å². The number of fused-ring (bicyclic) bond motifs is 1. The summed E-state index contributed by atoms with van der Waals surface area (Å²) in [4.78, 5) is 11.9. The van der Waals surface area contributed by atoms with Gasteiger partial charge in [-0.3, -0.25) is 0 Å². The van der Waals surface area contributed by atoms with Gasteiger partial charge >= 0.3 is 0 Å². The van der Waals surface area contributed by atoms with E-state index in [4.69, 9.17) is 19.4 Å². The molecule has 0 spiro atoms. The van der Waals surface area contributed by atoms with Crippen LogP contribution in [0.4, 0.5) is 0 Å². The fourth-order valence-electron chi connectivity index (χ4n) is 5.28. The van der Waals surface area contributed by atoms with Crippen molar-refractivity contribution in [3.8, 4) is 34.0 Å². The van der Waals surface area contributed by atoms with Crippen molar-refractivity contribution >= 4 is 23.0 Å². The minimum Gasteiger partial charge on any atom is -0.494 e. The van der Waals surface area contributed by atoms with Crippen LogP contribution in [0.1, 0.15) is 82.9 Å². The molecule has 4 nitrogen and oxygen atoms in total. The van der Waals surface area contributed by atoms with E-state index in [0.29, 0.717) is 0 Å². The Balaban J connectivity index is 1.54. The van der Waals surface area contributed by atoms with Gasteiger partial charge in [0.05, 0.1) is 35.3 Å². The van der Waals surface area contributed by atoms with Crippen molar-refractivity contribution in [2.75, 3.05) is 13.2 Å². The molecule has 5 heteroatoms. The van der Waals surface area contributed by atoms with Gasteiger partial charge in [0.2, 0.25) is 0 Å². The highest BCUT2D eigenvalue weighted by Gasteiger charge is 2.18. The summed E-state index contributed by atoms with van der Waals surface area (Å²) in [6, 6.07) is 21.0. The molecule has 1 aliphatic rings. The molecule has 0 radical (unpaired) electrons. The van der Waals surface area contributed by atoms with E-state index in [1.807, 2.05) is 12.1 Å². The predicted molar refractivity (Wildman–Crippen MR) is 172 cm³/mol. The molecule has 2 heterocycles. The van der Waals surface area contributed by atoms with E-state index in [1.165, 1.54) is 49.0 Å². The lowest BCUT2D eigenvalue weighted by Gasteiger charge is -2.15. The summed E-state index contributed by atoms with van der Waals surface area (Å²) in [6.45, 7) is 5.93. The highest BCUT2D eigenvalue weighted by atomic mass is 32.1. The highest BCUT2D eigenvalue weighted by molar-refractivity contribution is 7.11. The van der Waals surface area contributed by atoms with Crippen molar-refractivity contribution in [1.29, 1.82) is 0 Å². The van der Waals surface area contributed by atoms with Crippen LogP contribution in [-0.2, 0) is 0 Å². The molecule has 0 fully saturated rings. The van der Waals surface area contributed by atoms with E-state index in [-0.39, 0.29) is 0 Å². The summed E-state index contributed by atoms with van der Waals surface area (Å²) in [5.41, 5.74) is 5.08. The lowest BCUT2D eigenvalue weighted by Crippen LogP contribution is -2.36. The zero-order valence-electron chi connectivity index (χ0n) is 24.5. The van der Waals surface area contributed by atoms with Crippen LogP contribution in [0.5, 0.6) is 11.5 Å². The first-order valence-corrected chi connectivity index (χ1v) is 16.3. The first-order valence-electron chi connectivity index (χ1n) is 15.4. The van der Waals surface area contributed by atoms with Crippen LogP contribution in [-0.4, -0.2) is 23.2 Å². The van der Waals surface area contributed by atoms with Gasteiger partial charge in [-0.1, -0.05) is 88.8 Å². The molecule has 1 aliphatic carbocycles. The molecule has 2 aromatic heterocycles. The Hall–Kier alpha value is -3.44. The number of unbranched alkanes of at least 4 members (excludes halogenated alkanes) is 6. The molecule has 0 N–H and O–H groups in total. The summed E-state index contributed by atoms with van der Waals surface area (Å²) in [5, 5.41) is 4.09. The topological polar surface area (TPSA) is 44.2 Å². The zero-order valence-corrected chi connectivity index (χ0v) is 25.3. The number of hydrogen-bond acceptors (Lipinski definition) is 5. The third kappa shape index (κ3) is 7.65. The fraction of sp³-hybridized carbons (Fsp3) is 0.389. The molecule has 0 saturated heterocycles. The molecule has 0 atom stereocenters. The van der Waals surface area contributed by atoms with Crippen LogP contribution in [0.2, 0.25) is 0 Å². The Labute approximate surface area is 248 Å². The van der Waals surface area contributed by atoms with Crippen molar-refractivity contribution in [2.24, 2.45) is 0 Å². The first kappa shape index (κ1) is 29.1. The molecule has 41 heavy (non-hydrogen) atoms. The van der Waals surface area contributed by atoms with Gasteiger partial charge in [0.1, 0.15) is 11.5 Å². The smallest absolute Gasteiger partial charge is 0.119 e. The number of benzene rings is 2. The van der Waals surface area contributed by atoms with Crippen LogP contribution >= 0.6 is 11.3 Å². The van der Waals surface area contributed by atoms with E-state index >= 15 is 0 Å². The van der Waals surface area contributed by atoms with Crippen molar-refractivity contribution in [2.45, 2.75) is 78.1 Å². The van der Waals surface area contributed by atoms with Crippen molar-refractivity contribution in [3.05, 3.63) is 81.6 Å². The lowest BCUT2D eigenvalue weighted by atomic mass is 10.0. The average molecular weight is 567 g/mol. The van der Waals surface area contributed by atoms with Gasteiger partial charge in [0.15, 0.2) is 0 Å². The van der Waals surface area contributed by atoms with Gasteiger partial charge < -0.3 is 9.47 Å². The Bertz CT molecular complexity index is 1530. The molecule has 5 rings (SSSR count). The third-order valence-corrected chi connectivity index (χ3v) is 8.44. The monoisotopic (exact) mass is 566 g/mol. The molecule has 214 valence electrons. The molecule has 0 unspecified atom stereocenters. The van der Waals surface area contributed by atoms with E-state index < -0.39 is 0 Å². The molecular weight excluding hydrogens is 524 g/mol. The van der Waals surface area contributed by atoms with Crippen molar-refractivity contribution in [3.63, 3.8) is 0 Å². The Morgan fingerprint density at radius 3 is 1.93 bits per heavy atom. The van der Waals surface area contributed by atoms with E-state index in [9.17, 15) is 0 Å². The minimum atomic E-state index is 0.731. The van der Waals surface area contributed by atoms with Crippen molar-refractivity contribution < 1.29 is 9.47 Å². The number of aromatic nitrogens is 2. The normalized spacial score (nSPS) is 12.6. The molecule has 0 saturated carbocycles. The van der Waals surface area contributed by atoms with Crippen LogP contribution in [0.3, 0.4) is 0 Å². The molecule has 0 aliphatic heterocycles. The second-order valence-corrected chi connectivity index (χ2v) is 11.7. The third-order valence-electron chi connectivity index (χ3n) is 7.51. The molecule has 0 bridgehead atoms. The largest absolute Gasteiger partial charge is 0.494 e. The van der Waals surface area contributed by atoms with Crippen LogP contribution in [0.25, 0.3) is 34.2 Å². The number of nitrogens with zero attached hydrogens (tertiary/aromatic N) is 2. The average Bonchev–Trinajstić information content (AvgIpc) is 3.55. The van der Waals surface area contributed by atoms with E-state index in [0.717, 1.165) is 83.6 Å². The van der Waals surface area contributed by atoms with E-state index in [2.05, 4.69) is 73.8 Å². The fourth-order valence-corrected chi connectivity index (χ4v) is 6.08. The maximum Gasteiger partial charge on any atom is 0.119 e. The first-order chi connectivity index (χ1) is 20.3. The zero-order chi connectivity index (χ0) is 28.3. The summed E-state index contributed by atoms with van der Waals surface area (Å²) in [5.74, 6) is 1.76. The Morgan fingerprint density at radius 2 is 1.34 bits per heavy atom. The minimum absolute atomic E-state index is 0.731. The lowest BCUT2D eigenvalue weighted by molar-refractivity contribution is 0.305. The molecule has 2 aromatic carbocycles. The quantitative estimate of drug-likeness (QED) is 0.135. The standard InChI is InChI=1S/C36H42N2O2S/c1-3-5-7-9-22-39-29-17-11-15-27(25-29)34-35(28-16-12-18-30(26-28)40-23-10-8-6-4-2)38-36-31(33-21-14-24-41-33)19-13-20-32(36)37-34/h11-12,14-18,20-21,24-26H,3-10,13,19,22-23H2,1-2H3. The maximum atomic E-state index is 6.17. The summed E-state index contributed by atoms with van der Waals surface area (Å²) in [7, 11) is 0. The maximum absolute atomic E-state index is 6.17. The van der Waals surface area contributed by atoms with Crippen LogP contribution < -0.4 is 20.2 Å². The molecule has 0 amide bonds. The number of ether oxygens (including phenoxy) is 2. The predicted octanol–water partition coefficient (Wildman–Crippen LogP) is 8.56. The second-order valence-electron chi connectivity index (χ2n) is 10.7. The number of thiophene rings is 1. The van der Waals surface area contributed by atoms with Crippen LogP contribution in [0, 0.1) is 0 Å². The summed E-state index contributed by atoms with van der Waals surface area (Å²) >= 11 is 1.77. The van der Waals surface area contributed by atoms with Gasteiger partial charge in [-0.25, -0.2) is 9.97 Å². The number of rotatable bonds is 15. The Kier molecular flexibility index (Phi) is 10.6. The summed E-state index contributed by atoms with van der Waals surface area (Å²) in [6.07, 6.45) is 13.7. The van der Waals surface area contributed by atoms with Crippen molar-refractivity contribution in [1.82, 2.24) is 9.97 Å². The van der Waals surface area contributed by atoms with Crippen LogP contribution in [0.15, 0.2) is 66.0 Å². The Morgan fingerprint density at radius 1 is 0.707 bits per heavy atom. The van der Waals surface area contributed by atoms with Gasteiger partial charge in [-0.2, -0.15) is 0 Å². The van der Waals surface area contributed by atoms with Gasteiger partial charge in [0, 0.05) is 16.0 Å². The number of hydrogen-bond donors (Lipinski definition) is 0. The highest BCUT2D eigenvalue weighted by Crippen LogP contribution is 2.32. The SMILES string of the molecule is CCCCCCOc1cccc(-c2nc3c(nc2-c2cccc(OCCCCCC)c2)=C(c2cccs2)CCC=3)c1. The van der Waals surface area contributed by atoms with Gasteiger partial charge in [-0.15, -0.1) is 11.3 Å². The molecule has 4 aromatic rings. The van der Waals surface area contributed by atoms with E-state index in [1.54, 1.807) is 11.3 Å². The molecular formula is C36H42N2O2S.